The minimum atomic E-state index is -0.100. The van der Waals surface area contributed by atoms with Gasteiger partial charge in [0, 0.05) is 11.1 Å². The zero-order valence-electron chi connectivity index (χ0n) is 10.9. The zero-order valence-corrected chi connectivity index (χ0v) is 11.7. The van der Waals surface area contributed by atoms with Gasteiger partial charge in [-0.1, -0.05) is 12.1 Å². The summed E-state index contributed by atoms with van der Waals surface area (Å²) in [6.07, 6.45) is 0.663. The molecule has 0 aliphatic carbocycles. The third kappa shape index (κ3) is 2.70. The molecule has 1 aliphatic rings. The second-order valence-electron chi connectivity index (χ2n) is 4.74. The molecular formula is C14H13N3O2S. The normalized spacial score (nSPS) is 12.9. The van der Waals surface area contributed by atoms with Gasteiger partial charge in [-0.15, -0.1) is 11.3 Å². The number of amides is 2. The molecule has 0 atom stereocenters. The van der Waals surface area contributed by atoms with Crippen LogP contribution in [0, 0.1) is 6.92 Å². The van der Waals surface area contributed by atoms with Crippen molar-refractivity contribution >= 4 is 34.0 Å². The van der Waals surface area contributed by atoms with Gasteiger partial charge in [-0.05, 0) is 24.1 Å². The van der Waals surface area contributed by atoms with Gasteiger partial charge < -0.3 is 10.6 Å². The molecule has 102 valence electrons. The highest BCUT2D eigenvalue weighted by Crippen LogP contribution is 2.24. The van der Waals surface area contributed by atoms with Crippen LogP contribution in [0.2, 0.25) is 0 Å². The molecular weight excluding hydrogens is 274 g/mol. The molecule has 0 radical (unpaired) electrons. The van der Waals surface area contributed by atoms with Gasteiger partial charge in [0.05, 0.1) is 18.5 Å². The number of aryl methyl sites for hydroxylation is 1. The standard InChI is InChI=1S/C14H13N3O2S/c1-8-7-20-14(15-8)17-12(18)5-9-2-3-11-10(4-9)6-13(19)16-11/h2-4,7H,5-6H2,1H3,(H,16,19)(H,15,17,18). The Kier molecular flexibility index (Phi) is 3.23. The van der Waals surface area contributed by atoms with Gasteiger partial charge in [0.15, 0.2) is 5.13 Å². The molecule has 0 saturated carbocycles. The molecule has 1 aromatic heterocycles. The smallest absolute Gasteiger partial charge is 0.230 e. The van der Waals surface area contributed by atoms with E-state index in [1.807, 2.05) is 30.5 Å². The van der Waals surface area contributed by atoms with Gasteiger partial charge in [0.25, 0.3) is 0 Å². The van der Waals surface area contributed by atoms with E-state index in [4.69, 9.17) is 0 Å². The maximum Gasteiger partial charge on any atom is 0.230 e. The fraction of sp³-hybridized carbons (Fsp3) is 0.214. The van der Waals surface area contributed by atoms with E-state index in [2.05, 4.69) is 15.6 Å². The van der Waals surface area contributed by atoms with Crippen LogP contribution in [0.25, 0.3) is 0 Å². The van der Waals surface area contributed by atoms with Crippen molar-refractivity contribution in [3.05, 3.63) is 40.4 Å². The summed E-state index contributed by atoms with van der Waals surface area (Å²) >= 11 is 1.41. The first kappa shape index (κ1) is 12.8. The van der Waals surface area contributed by atoms with Gasteiger partial charge in [0.1, 0.15) is 0 Å². The van der Waals surface area contributed by atoms with E-state index >= 15 is 0 Å². The summed E-state index contributed by atoms with van der Waals surface area (Å²) in [5.41, 5.74) is 3.58. The molecule has 0 unspecified atom stereocenters. The number of anilines is 2. The molecule has 0 fully saturated rings. The summed E-state index contributed by atoms with van der Waals surface area (Å²) in [6, 6.07) is 5.60. The highest BCUT2D eigenvalue weighted by molar-refractivity contribution is 7.13. The van der Waals surface area contributed by atoms with Crippen LogP contribution in [0.5, 0.6) is 0 Å². The molecule has 0 saturated heterocycles. The zero-order chi connectivity index (χ0) is 14.1. The second-order valence-corrected chi connectivity index (χ2v) is 5.59. The summed E-state index contributed by atoms with van der Waals surface area (Å²) < 4.78 is 0. The van der Waals surface area contributed by atoms with E-state index in [-0.39, 0.29) is 18.2 Å². The minimum Gasteiger partial charge on any atom is -0.326 e. The minimum absolute atomic E-state index is 0.000128. The first-order valence-corrected chi connectivity index (χ1v) is 7.12. The summed E-state index contributed by atoms with van der Waals surface area (Å²) in [7, 11) is 0. The number of hydrogen-bond donors (Lipinski definition) is 2. The number of aromatic nitrogens is 1. The molecule has 1 aliphatic heterocycles. The number of hydrogen-bond acceptors (Lipinski definition) is 4. The van der Waals surface area contributed by atoms with E-state index in [9.17, 15) is 9.59 Å². The van der Waals surface area contributed by atoms with Crippen molar-refractivity contribution < 1.29 is 9.59 Å². The molecule has 2 N–H and O–H groups in total. The summed E-state index contributed by atoms with van der Waals surface area (Å²) in [5.74, 6) is -0.101. The Morgan fingerprint density at radius 2 is 2.35 bits per heavy atom. The maximum absolute atomic E-state index is 11.9. The molecule has 0 bridgehead atoms. The maximum atomic E-state index is 11.9. The van der Waals surface area contributed by atoms with Crippen LogP contribution in [0.3, 0.4) is 0 Å². The first-order chi connectivity index (χ1) is 9.60. The topological polar surface area (TPSA) is 71.1 Å². The molecule has 20 heavy (non-hydrogen) atoms. The fourth-order valence-electron chi connectivity index (χ4n) is 2.15. The van der Waals surface area contributed by atoms with Crippen molar-refractivity contribution in [3.63, 3.8) is 0 Å². The van der Waals surface area contributed by atoms with Crippen molar-refractivity contribution in [2.75, 3.05) is 10.6 Å². The van der Waals surface area contributed by atoms with Crippen molar-refractivity contribution in [2.45, 2.75) is 19.8 Å². The van der Waals surface area contributed by atoms with Crippen LogP contribution >= 0.6 is 11.3 Å². The Hall–Kier alpha value is -2.21. The monoisotopic (exact) mass is 287 g/mol. The van der Waals surface area contributed by atoms with Gasteiger partial charge in [-0.25, -0.2) is 4.98 Å². The number of thiazole rings is 1. The first-order valence-electron chi connectivity index (χ1n) is 6.24. The van der Waals surface area contributed by atoms with Gasteiger partial charge in [-0.3, -0.25) is 9.59 Å². The molecule has 3 rings (SSSR count). The van der Waals surface area contributed by atoms with Crippen LogP contribution < -0.4 is 10.6 Å². The number of benzene rings is 1. The number of fused-ring (bicyclic) bond motifs is 1. The number of nitrogens with one attached hydrogen (secondary N) is 2. The van der Waals surface area contributed by atoms with Crippen LogP contribution in [0.1, 0.15) is 16.8 Å². The van der Waals surface area contributed by atoms with Crippen molar-refractivity contribution in [2.24, 2.45) is 0 Å². The average molecular weight is 287 g/mol. The van der Waals surface area contributed by atoms with Crippen LogP contribution in [-0.2, 0) is 22.4 Å². The van der Waals surface area contributed by atoms with E-state index in [1.54, 1.807) is 0 Å². The van der Waals surface area contributed by atoms with Crippen LogP contribution in [0.15, 0.2) is 23.6 Å². The quantitative estimate of drug-likeness (QED) is 0.908. The van der Waals surface area contributed by atoms with Crippen molar-refractivity contribution in [1.29, 1.82) is 0 Å². The van der Waals surface area contributed by atoms with Crippen molar-refractivity contribution in [3.8, 4) is 0 Å². The number of carbonyl (C=O) groups excluding carboxylic acids is 2. The molecule has 1 aromatic carbocycles. The van der Waals surface area contributed by atoms with E-state index in [1.165, 1.54) is 11.3 Å². The number of nitrogens with zero attached hydrogens (tertiary/aromatic N) is 1. The van der Waals surface area contributed by atoms with E-state index < -0.39 is 0 Å². The molecule has 2 heterocycles. The lowest BCUT2D eigenvalue weighted by Crippen LogP contribution is -2.14. The van der Waals surface area contributed by atoms with Crippen LogP contribution in [-0.4, -0.2) is 16.8 Å². The Balaban J connectivity index is 1.67. The SMILES string of the molecule is Cc1csc(NC(=O)Cc2ccc3c(c2)CC(=O)N3)n1. The Labute approximate surface area is 120 Å². The molecule has 6 heteroatoms. The highest BCUT2D eigenvalue weighted by Gasteiger charge is 2.18. The lowest BCUT2D eigenvalue weighted by molar-refractivity contribution is -0.116. The van der Waals surface area contributed by atoms with Gasteiger partial charge >= 0.3 is 0 Å². The van der Waals surface area contributed by atoms with Crippen molar-refractivity contribution in [1.82, 2.24) is 4.98 Å². The molecule has 2 amide bonds. The lowest BCUT2D eigenvalue weighted by atomic mass is 10.1. The predicted molar refractivity (Wildman–Crippen MR) is 78.0 cm³/mol. The predicted octanol–water partition coefficient (Wildman–Crippen LogP) is 2.13. The average Bonchev–Trinajstić information content (AvgIpc) is 2.93. The summed E-state index contributed by atoms with van der Waals surface area (Å²) in [5, 5.41) is 8.05. The summed E-state index contributed by atoms with van der Waals surface area (Å²) in [6.45, 7) is 1.89. The lowest BCUT2D eigenvalue weighted by Gasteiger charge is -2.04. The van der Waals surface area contributed by atoms with Crippen LogP contribution in [0.4, 0.5) is 10.8 Å². The largest absolute Gasteiger partial charge is 0.326 e. The number of carbonyl (C=O) groups is 2. The molecule has 0 spiro atoms. The third-order valence-electron chi connectivity index (χ3n) is 3.02. The molecule has 5 nitrogen and oxygen atoms in total. The molecule has 2 aromatic rings. The Bertz CT molecular complexity index is 693. The highest BCUT2D eigenvalue weighted by atomic mass is 32.1. The Morgan fingerprint density at radius 3 is 3.10 bits per heavy atom. The van der Waals surface area contributed by atoms with E-state index in [0.717, 1.165) is 22.5 Å². The second kappa shape index (κ2) is 5.05. The Morgan fingerprint density at radius 1 is 1.50 bits per heavy atom. The summed E-state index contributed by atoms with van der Waals surface area (Å²) in [4.78, 5) is 27.4. The number of rotatable bonds is 3. The van der Waals surface area contributed by atoms with Gasteiger partial charge in [-0.2, -0.15) is 0 Å². The fourth-order valence-corrected chi connectivity index (χ4v) is 2.86. The third-order valence-corrected chi connectivity index (χ3v) is 3.90. The van der Waals surface area contributed by atoms with Gasteiger partial charge in [0.2, 0.25) is 11.8 Å². The van der Waals surface area contributed by atoms with E-state index in [0.29, 0.717) is 11.6 Å².